The summed E-state index contributed by atoms with van der Waals surface area (Å²) in [6.45, 7) is 4.40. The average molecular weight is 295 g/mol. The Hall–Kier alpha value is -0.730. The first-order valence-corrected chi connectivity index (χ1v) is 8.12. The van der Waals surface area contributed by atoms with Crippen molar-refractivity contribution in [1.29, 1.82) is 0 Å². The van der Waals surface area contributed by atoms with E-state index < -0.39 is 0 Å². The molecule has 3 atom stereocenters. The van der Waals surface area contributed by atoms with Gasteiger partial charge in [-0.05, 0) is 49.8 Å². The van der Waals surface area contributed by atoms with Gasteiger partial charge in [-0.3, -0.25) is 0 Å². The highest BCUT2D eigenvalue weighted by Gasteiger charge is 2.24. The second kappa shape index (κ2) is 6.82. The summed E-state index contributed by atoms with van der Waals surface area (Å²) in [5.41, 5.74) is 8.44. The third-order valence-electron chi connectivity index (χ3n) is 4.46. The molecule has 0 spiro atoms. The lowest BCUT2D eigenvalue weighted by Gasteiger charge is -2.37. The number of rotatable bonds is 4. The Morgan fingerprint density at radius 3 is 2.80 bits per heavy atom. The molecule has 2 nitrogen and oxygen atoms in total. The van der Waals surface area contributed by atoms with Crippen molar-refractivity contribution in [3.05, 3.63) is 28.8 Å². The summed E-state index contributed by atoms with van der Waals surface area (Å²) >= 11 is 6.40. The summed E-state index contributed by atoms with van der Waals surface area (Å²) in [7, 11) is 2.21. The van der Waals surface area contributed by atoms with Gasteiger partial charge in [0.1, 0.15) is 0 Å². The topological polar surface area (TPSA) is 29.3 Å². The molecule has 0 amide bonds. The van der Waals surface area contributed by atoms with Crippen LogP contribution in [0.2, 0.25) is 5.02 Å². The lowest BCUT2D eigenvalue weighted by molar-refractivity contribution is 0.336. The summed E-state index contributed by atoms with van der Waals surface area (Å²) < 4.78 is 0. The van der Waals surface area contributed by atoms with E-state index in [1.54, 1.807) is 0 Å². The molecule has 1 saturated carbocycles. The van der Waals surface area contributed by atoms with Crippen LogP contribution in [0.3, 0.4) is 0 Å². The maximum atomic E-state index is 6.40. The fraction of sp³-hybridized carbons (Fsp3) is 0.647. The van der Waals surface area contributed by atoms with Gasteiger partial charge in [0.2, 0.25) is 0 Å². The van der Waals surface area contributed by atoms with Crippen LogP contribution in [-0.2, 0) is 6.42 Å². The number of nitrogens with zero attached hydrogens (tertiary/aromatic N) is 1. The Balaban J connectivity index is 2.24. The summed E-state index contributed by atoms with van der Waals surface area (Å²) in [6, 6.07) is 6.96. The first-order chi connectivity index (χ1) is 9.49. The largest absolute Gasteiger partial charge is 0.371 e. The van der Waals surface area contributed by atoms with E-state index in [4.69, 9.17) is 17.3 Å². The molecule has 20 heavy (non-hydrogen) atoms. The Labute approximate surface area is 128 Å². The molecule has 0 bridgehead atoms. The van der Waals surface area contributed by atoms with E-state index in [1.807, 2.05) is 19.1 Å². The highest BCUT2D eigenvalue weighted by Crippen LogP contribution is 2.34. The Kier molecular flexibility index (Phi) is 5.34. The summed E-state index contributed by atoms with van der Waals surface area (Å²) in [5.74, 6) is 0.826. The van der Waals surface area contributed by atoms with E-state index >= 15 is 0 Å². The minimum Gasteiger partial charge on any atom is -0.371 e. The van der Waals surface area contributed by atoms with Crippen LogP contribution in [0.15, 0.2) is 18.2 Å². The standard InChI is InChI=1S/C17H27ClN2/c1-12-6-4-7-14(10-12)20(3)17-9-5-8-16(18)15(17)11-13(2)19/h5,8-9,12-14H,4,6-7,10-11,19H2,1-3H3. The summed E-state index contributed by atoms with van der Waals surface area (Å²) in [6.07, 6.45) is 6.10. The molecule has 0 radical (unpaired) electrons. The zero-order chi connectivity index (χ0) is 14.7. The first-order valence-electron chi connectivity index (χ1n) is 7.74. The van der Waals surface area contributed by atoms with Crippen molar-refractivity contribution >= 4 is 17.3 Å². The smallest absolute Gasteiger partial charge is 0.0459 e. The number of hydrogen-bond donors (Lipinski definition) is 1. The van der Waals surface area contributed by atoms with Gasteiger partial charge in [0.15, 0.2) is 0 Å². The van der Waals surface area contributed by atoms with Gasteiger partial charge in [-0.25, -0.2) is 0 Å². The van der Waals surface area contributed by atoms with Crippen LogP contribution in [-0.4, -0.2) is 19.1 Å². The van der Waals surface area contributed by atoms with E-state index in [2.05, 4.69) is 24.9 Å². The molecule has 3 heteroatoms. The molecule has 1 aliphatic rings. The number of hydrogen-bond acceptors (Lipinski definition) is 2. The summed E-state index contributed by atoms with van der Waals surface area (Å²) in [5, 5.41) is 0.843. The third kappa shape index (κ3) is 3.67. The van der Waals surface area contributed by atoms with Crippen LogP contribution in [0, 0.1) is 5.92 Å². The van der Waals surface area contributed by atoms with Crippen LogP contribution in [0.4, 0.5) is 5.69 Å². The molecule has 0 aliphatic heterocycles. The van der Waals surface area contributed by atoms with Crippen molar-refractivity contribution in [3.8, 4) is 0 Å². The van der Waals surface area contributed by atoms with Crippen LogP contribution in [0.1, 0.15) is 45.1 Å². The van der Waals surface area contributed by atoms with Crippen molar-refractivity contribution in [2.24, 2.45) is 11.7 Å². The Morgan fingerprint density at radius 2 is 2.15 bits per heavy atom. The highest BCUT2D eigenvalue weighted by atomic mass is 35.5. The zero-order valence-corrected chi connectivity index (χ0v) is 13.7. The number of halogens is 1. The van der Waals surface area contributed by atoms with E-state index in [-0.39, 0.29) is 6.04 Å². The zero-order valence-electron chi connectivity index (χ0n) is 12.9. The second-order valence-corrected chi connectivity index (χ2v) is 6.86. The predicted molar refractivity (Wildman–Crippen MR) is 88.6 cm³/mol. The van der Waals surface area contributed by atoms with E-state index in [9.17, 15) is 0 Å². The molecule has 2 rings (SSSR count). The molecular formula is C17H27ClN2. The Morgan fingerprint density at radius 1 is 1.40 bits per heavy atom. The first kappa shape index (κ1) is 15.7. The number of anilines is 1. The quantitative estimate of drug-likeness (QED) is 0.900. The van der Waals surface area contributed by atoms with Gasteiger partial charge in [-0.2, -0.15) is 0 Å². The van der Waals surface area contributed by atoms with Gasteiger partial charge in [-0.1, -0.05) is 37.4 Å². The maximum Gasteiger partial charge on any atom is 0.0459 e. The van der Waals surface area contributed by atoms with Crippen molar-refractivity contribution in [3.63, 3.8) is 0 Å². The molecule has 2 N–H and O–H groups in total. The fourth-order valence-electron chi connectivity index (χ4n) is 3.35. The highest BCUT2D eigenvalue weighted by molar-refractivity contribution is 6.31. The van der Waals surface area contributed by atoms with E-state index in [1.165, 1.54) is 36.9 Å². The molecule has 1 fully saturated rings. The molecule has 0 heterocycles. The third-order valence-corrected chi connectivity index (χ3v) is 4.81. The fourth-order valence-corrected chi connectivity index (χ4v) is 3.60. The molecule has 0 saturated heterocycles. The predicted octanol–water partition coefficient (Wildman–Crippen LogP) is 4.24. The minimum absolute atomic E-state index is 0.132. The van der Waals surface area contributed by atoms with Crippen molar-refractivity contribution in [1.82, 2.24) is 0 Å². The van der Waals surface area contributed by atoms with Crippen LogP contribution in [0.25, 0.3) is 0 Å². The lowest BCUT2D eigenvalue weighted by Crippen LogP contribution is -2.36. The average Bonchev–Trinajstić information content (AvgIpc) is 2.40. The SMILES string of the molecule is CC(N)Cc1c(Cl)cccc1N(C)C1CCCC(C)C1. The molecule has 0 aromatic heterocycles. The maximum absolute atomic E-state index is 6.40. The molecule has 1 aromatic rings. The van der Waals surface area contributed by atoms with Gasteiger partial charge in [0.25, 0.3) is 0 Å². The van der Waals surface area contributed by atoms with Crippen LogP contribution in [0.5, 0.6) is 0 Å². The van der Waals surface area contributed by atoms with Gasteiger partial charge < -0.3 is 10.6 Å². The Bertz CT molecular complexity index is 445. The van der Waals surface area contributed by atoms with Crippen molar-refractivity contribution in [2.75, 3.05) is 11.9 Å². The molecular weight excluding hydrogens is 268 g/mol. The molecule has 1 aromatic carbocycles. The van der Waals surface area contributed by atoms with Gasteiger partial charge >= 0.3 is 0 Å². The van der Waals surface area contributed by atoms with Gasteiger partial charge in [0.05, 0.1) is 0 Å². The monoisotopic (exact) mass is 294 g/mol. The lowest BCUT2D eigenvalue weighted by atomic mass is 9.86. The van der Waals surface area contributed by atoms with Crippen LogP contribution < -0.4 is 10.6 Å². The van der Waals surface area contributed by atoms with Crippen LogP contribution >= 0.6 is 11.6 Å². The number of nitrogens with two attached hydrogens (primary N) is 1. The van der Waals surface area contributed by atoms with Crippen molar-refractivity contribution in [2.45, 2.75) is 58.0 Å². The van der Waals surface area contributed by atoms with Gasteiger partial charge in [0, 0.05) is 29.8 Å². The van der Waals surface area contributed by atoms with E-state index in [0.29, 0.717) is 6.04 Å². The van der Waals surface area contributed by atoms with E-state index in [0.717, 1.165) is 17.4 Å². The number of benzene rings is 1. The molecule has 1 aliphatic carbocycles. The molecule has 112 valence electrons. The van der Waals surface area contributed by atoms with Crippen molar-refractivity contribution < 1.29 is 0 Å². The molecule has 3 unspecified atom stereocenters. The second-order valence-electron chi connectivity index (χ2n) is 6.46. The summed E-state index contributed by atoms with van der Waals surface area (Å²) in [4.78, 5) is 2.43. The minimum atomic E-state index is 0.132. The normalized spacial score (nSPS) is 24.4. The van der Waals surface area contributed by atoms with Gasteiger partial charge in [-0.15, -0.1) is 0 Å².